The second kappa shape index (κ2) is 7.42. The van der Waals surface area contributed by atoms with Crippen molar-refractivity contribution in [3.63, 3.8) is 0 Å². The van der Waals surface area contributed by atoms with Crippen molar-refractivity contribution in [1.82, 2.24) is 0 Å². The molecule has 1 aromatic rings. The van der Waals surface area contributed by atoms with Crippen LogP contribution in [-0.2, 0) is 11.0 Å². The quantitative estimate of drug-likeness (QED) is 0.857. The molecule has 1 fully saturated rings. The van der Waals surface area contributed by atoms with Gasteiger partial charge in [0.2, 0.25) is 5.91 Å². The number of halogens is 3. The Bertz CT molecular complexity index is 582. The molecule has 1 aliphatic heterocycles. The van der Waals surface area contributed by atoms with Gasteiger partial charge in [-0.25, -0.2) is 0 Å². The van der Waals surface area contributed by atoms with E-state index in [1.54, 1.807) is 13.8 Å². The van der Waals surface area contributed by atoms with E-state index in [-0.39, 0.29) is 18.0 Å². The van der Waals surface area contributed by atoms with Gasteiger partial charge in [-0.2, -0.15) is 13.2 Å². The van der Waals surface area contributed by atoms with Crippen LogP contribution in [0.2, 0.25) is 0 Å². The standard InChI is InChI=1S/C17H23F3N2O2/c1-11(2)15(23)10-16(24)21-13-9-12(17(18,19)20)5-6-14(13)22-7-3-4-8-22/h5-6,9,11,15,23H,3-4,7-8,10H2,1-2H3,(H,21,24). The minimum atomic E-state index is -4.47. The van der Waals surface area contributed by atoms with Crippen LogP contribution in [-0.4, -0.2) is 30.2 Å². The minimum Gasteiger partial charge on any atom is -0.392 e. The van der Waals surface area contributed by atoms with Gasteiger partial charge in [0, 0.05) is 13.1 Å². The Morgan fingerprint density at radius 2 is 1.92 bits per heavy atom. The average molecular weight is 344 g/mol. The normalized spacial score (nSPS) is 16.5. The van der Waals surface area contributed by atoms with Crippen LogP contribution in [0.15, 0.2) is 18.2 Å². The molecule has 0 aromatic heterocycles. The van der Waals surface area contributed by atoms with Gasteiger partial charge in [0.1, 0.15) is 0 Å². The third kappa shape index (κ3) is 4.63. The first-order chi connectivity index (χ1) is 11.2. The first-order valence-electron chi connectivity index (χ1n) is 8.12. The highest BCUT2D eigenvalue weighted by atomic mass is 19.4. The second-order valence-corrected chi connectivity index (χ2v) is 6.49. The van der Waals surface area contributed by atoms with Gasteiger partial charge in [-0.3, -0.25) is 4.79 Å². The van der Waals surface area contributed by atoms with E-state index < -0.39 is 23.8 Å². The summed E-state index contributed by atoms with van der Waals surface area (Å²) in [7, 11) is 0. The highest BCUT2D eigenvalue weighted by Crippen LogP contribution is 2.36. The van der Waals surface area contributed by atoms with Gasteiger partial charge in [-0.1, -0.05) is 13.8 Å². The van der Waals surface area contributed by atoms with E-state index in [0.717, 1.165) is 38.1 Å². The number of aliphatic hydroxyl groups is 1. The smallest absolute Gasteiger partial charge is 0.392 e. The number of amides is 1. The molecule has 24 heavy (non-hydrogen) atoms. The van der Waals surface area contributed by atoms with Crippen LogP contribution in [0.1, 0.15) is 38.7 Å². The summed E-state index contributed by atoms with van der Waals surface area (Å²) < 4.78 is 38.9. The van der Waals surface area contributed by atoms with E-state index in [1.165, 1.54) is 6.07 Å². The molecule has 0 spiro atoms. The largest absolute Gasteiger partial charge is 0.416 e. The van der Waals surface area contributed by atoms with Crippen molar-refractivity contribution in [2.45, 2.75) is 45.4 Å². The summed E-state index contributed by atoms with van der Waals surface area (Å²) in [5.74, 6) is -0.591. The molecule has 1 amide bonds. The van der Waals surface area contributed by atoms with Crippen LogP contribution < -0.4 is 10.2 Å². The number of nitrogens with one attached hydrogen (secondary N) is 1. The zero-order valence-corrected chi connectivity index (χ0v) is 13.9. The SMILES string of the molecule is CC(C)C(O)CC(=O)Nc1cc(C(F)(F)F)ccc1N1CCCC1. The van der Waals surface area contributed by atoms with Crippen LogP contribution in [0.25, 0.3) is 0 Å². The van der Waals surface area contributed by atoms with Crippen molar-refractivity contribution in [2.24, 2.45) is 5.92 Å². The van der Waals surface area contributed by atoms with E-state index in [9.17, 15) is 23.1 Å². The molecule has 2 rings (SSSR count). The minimum absolute atomic E-state index is 0.102. The number of anilines is 2. The molecule has 1 unspecified atom stereocenters. The summed E-state index contributed by atoms with van der Waals surface area (Å²) in [6.45, 7) is 5.06. The predicted octanol–water partition coefficient (Wildman–Crippen LogP) is 3.65. The molecule has 4 nitrogen and oxygen atoms in total. The molecule has 1 heterocycles. The molecular weight excluding hydrogens is 321 g/mol. The molecule has 0 radical (unpaired) electrons. The molecule has 1 aromatic carbocycles. The van der Waals surface area contributed by atoms with Gasteiger partial charge in [0.15, 0.2) is 0 Å². The van der Waals surface area contributed by atoms with Crippen molar-refractivity contribution in [3.05, 3.63) is 23.8 Å². The first kappa shape index (κ1) is 18.6. The number of aliphatic hydroxyl groups excluding tert-OH is 1. The molecule has 1 aliphatic rings. The van der Waals surface area contributed by atoms with E-state index in [0.29, 0.717) is 5.69 Å². The fourth-order valence-electron chi connectivity index (χ4n) is 2.67. The molecule has 0 bridgehead atoms. The maximum atomic E-state index is 13.0. The topological polar surface area (TPSA) is 52.6 Å². The molecule has 134 valence electrons. The van der Waals surface area contributed by atoms with Crippen molar-refractivity contribution in [1.29, 1.82) is 0 Å². The van der Waals surface area contributed by atoms with E-state index >= 15 is 0 Å². The van der Waals surface area contributed by atoms with Crippen LogP contribution in [0.4, 0.5) is 24.5 Å². The highest BCUT2D eigenvalue weighted by Gasteiger charge is 2.32. The third-order valence-corrected chi connectivity index (χ3v) is 4.21. The number of hydrogen-bond donors (Lipinski definition) is 2. The summed E-state index contributed by atoms with van der Waals surface area (Å²) >= 11 is 0. The molecular formula is C17H23F3N2O2. The summed E-state index contributed by atoms with van der Waals surface area (Å²) in [6, 6.07) is 3.40. The fourth-order valence-corrected chi connectivity index (χ4v) is 2.67. The summed E-state index contributed by atoms with van der Waals surface area (Å²) in [5.41, 5.74) is -0.0641. The van der Waals surface area contributed by atoms with Gasteiger partial charge in [-0.15, -0.1) is 0 Å². The van der Waals surface area contributed by atoms with Crippen molar-refractivity contribution in [2.75, 3.05) is 23.3 Å². The Kier molecular flexibility index (Phi) is 5.74. The number of carbonyl (C=O) groups excluding carboxylic acids is 1. The van der Waals surface area contributed by atoms with Gasteiger partial charge in [0.25, 0.3) is 0 Å². The van der Waals surface area contributed by atoms with Gasteiger partial charge < -0.3 is 15.3 Å². The molecule has 2 N–H and O–H groups in total. The number of rotatable bonds is 5. The Morgan fingerprint density at radius 1 is 1.29 bits per heavy atom. The Labute approximate surface area is 139 Å². The Hall–Kier alpha value is -1.76. The first-order valence-corrected chi connectivity index (χ1v) is 8.12. The highest BCUT2D eigenvalue weighted by molar-refractivity contribution is 5.95. The third-order valence-electron chi connectivity index (χ3n) is 4.21. The van der Waals surface area contributed by atoms with Crippen LogP contribution in [0.5, 0.6) is 0 Å². The second-order valence-electron chi connectivity index (χ2n) is 6.49. The van der Waals surface area contributed by atoms with Crippen LogP contribution in [0.3, 0.4) is 0 Å². The predicted molar refractivity (Wildman–Crippen MR) is 87.0 cm³/mol. The van der Waals surface area contributed by atoms with Crippen molar-refractivity contribution in [3.8, 4) is 0 Å². The van der Waals surface area contributed by atoms with Crippen LogP contribution in [0, 0.1) is 5.92 Å². The Morgan fingerprint density at radius 3 is 2.46 bits per heavy atom. The molecule has 1 atom stereocenters. The molecule has 0 aliphatic carbocycles. The number of nitrogens with zero attached hydrogens (tertiary/aromatic N) is 1. The lowest BCUT2D eigenvalue weighted by molar-refractivity contribution is -0.137. The van der Waals surface area contributed by atoms with E-state index in [1.807, 2.05) is 4.90 Å². The maximum Gasteiger partial charge on any atom is 0.416 e. The summed E-state index contributed by atoms with van der Waals surface area (Å²) in [5, 5.41) is 12.3. The fraction of sp³-hybridized carbons (Fsp3) is 0.588. The lowest BCUT2D eigenvalue weighted by Crippen LogP contribution is -2.26. The Balaban J connectivity index is 2.25. The molecule has 0 saturated carbocycles. The number of alkyl halides is 3. The number of benzene rings is 1. The number of carbonyl (C=O) groups is 1. The zero-order valence-electron chi connectivity index (χ0n) is 13.9. The monoisotopic (exact) mass is 344 g/mol. The summed E-state index contributed by atoms with van der Waals surface area (Å²) in [6.07, 6.45) is -3.50. The maximum absolute atomic E-state index is 13.0. The van der Waals surface area contributed by atoms with E-state index in [4.69, 9.17) is 0 Å². The van der Waals surface area contributed by atoms with Crippen molar-refractivity contribution < 1.29 is 23.1 Å². The van der Waals surface area contributed by atoms with Gasteiger partial charge >= 0.3 is 6.18 Å². The lowest BCUT2D eigenvalue weighted by atomic mass is 10.0. The zero-order chi connectivity index (χ0) is 17.9. The van der Waals surface area contributed by atoms with Gasteiger partial charge in [-0.05, 0) is 37.0 Å². The lowest BCUT2D eigenvalue weighted by Gasteiger charge is -2.23. The van der Waals surface area contributed by atoms with Crippen LogP contribution >= 0.6 is 0 Å². The summed E-state index contributed by atoms with van der Waals surface area (Å²) in [4.78, 5) is 14.1. The van der Waals surface area contributed by atoms with Crippen molar-refractivity contribution >= 4 is 17.3 Å². The average Bonchev–Trinajstić information content (AvgIpc) is 2.99. The van der Waals surface area contributed by atoms with E-state index in [2.05, 4.69) is 5.32 Å². The van der Waals surface area contributed by atoms with Gasteiger partial charge in [0.05, 0.1) is 29.5 Å². The number of hydrogen-bond acceptors (Lipinski definition) is 3. The molecule has 7 heteroatoms. The molecule has 1 saturated heterocycles.